The molecule has 0 fully saturated rings. The average molecular weight is 422 g/mol. The van der Waals surface area contributed by atoms with Gasteiger partial charge < -0.3 is 14.6 Å². The Morgan fingerprint density at radius 3 is 2.74 bits per heavy atom. The fourth-order valence-electron chi connectivity index (χ4n) is 3.77. The summed E-state index contributed by atoms with van der Waals surface area (Å²) in [4.78, 5) is 16.2. The first kappa shape index (κ1) is 22.9. The lowest BCUT2D eigenvalue weighted by Gasteiger charge is -2.11. The van der Waals surface area contributed by atoms with Gasteiger partial charge in [-0.2, -0.15) is 0 Å². The lowest BCUT2D eigenvalue weighted by atomic mass is 10.2. The Morgan fingerprint density at radius 1 is 1.03 bits per heavy atom. The summed E-state index contributed by atoms with van der Waals surface area (Å²) in [6.45, 7) is 6.42. The van der Waals surface area contributed by atoms with Crippen LogP contribution in [0.2, 0.25) is 0 Å². The third-order valence-corrected chi connectivity index (χ3v) is 5.49. The molecule has 0 atom stereocenters. The number of aromatic nitrogens is 2. The minimum atomic E-state index is 0.133. The normalized spacial score (nSPS) is 11.0. The molecule has 3 rings (SSSR count). The first-order valence-corrected chi connectivity index (χ1v) is 11.6. The van der Waals surface area contributed by atoms with Crippen molar-refractivity contribution in [2.75, 3.05) is 13.2 Å². The molecule has 1 heterocycles. The van der Waals surface area contributed by atoms with E-state index in [9.17, 15) is 4.79 Å². The smallest absolute Gasteiger partial charge is 0.219 e. The molecule has 2 aromatic carbocycles. The number of imidazole rings is 1. The first-order chi connectivity index (χ1) is 15.2. The fourth-order valence-corrected chi connectivity index (χ4v) is 3.77. The number of ether oxygens (including phenoxy) is 1. The number of nitrogens with zero attached hydrogens (tertiary/aromatic N) is 2. The lowest BCUT2D eigenvalue weighted by Crippen LogP contribution is -2.23. The molecule has 1 aromatic heterocycles. The number of rotatable bonds is 13. The summed E-state index contributed by atoms with van der Waals surface area (Å²) in [5.74, 6) is 2.25. The van der Waals surface area contributed by atoms with Crippen molar-refractivity contribution >= 4 is 16.9 Å². The van der Waals surface area contributed by atoms with Gasteiger partial charge in [0.2, 0.25) is 5.91 Å². The van der Waals surface area contributed by atoms with Gasteiger partial charge in [-0.25, -0.2) is 4.98 Å². The van der Waals surface area contributed by atoms with E-state index in [0.29, 0.717) is 6.42 Å². The highest BCUT2D eigenvalue weighted by Gasteiger charge is 2.10. The quantitative estimate of drug-likeness (QED) is 0.374. The number of carbonyl (C=O) groups is 1. The number of unbranched alkanes of at least 4 members (excludes halogenated alkanes) is 3. The van der Waals surface area contributed by atoms with Gasteiger partial charge in [0.25, 0.3) is 0 Å². The summed E-state index contributed by atoms with van der Waals surface area (Å²) in [5.41, 5.74) is 3.51. The second kappa shape index (κ2) is 12.1. The third-order valence-electron chi connectivity index (χ3n) is 5.49. The van der Waals surface area contributed by atoms with E-state index >= 15 is 0 Å². The molecule has 1 amide bonds. The fraction of sp³-hybridized carbons (Fsp3) is 0.462. The largest absolute Gasteiger partial charge is 0.494 e. The molecule has 5 nitrogen and oxygen atoms in total. The van der Waals surface area contributed by atoms with Gasteiger partial charge in [0, 0.05) is 25.9 Å². The van der Waals surface area contributed by atoms with Gasteiger partial charge in [-0.1, -0.05) is 37.6 Å². The van der Waals surface area contributed by atoms with Crippen LogP contribution < -0.4 is 10.1 Å². The van der Waals surface area contributed by atoms with Crippen LogP contribution in [0.4, 0.5) is 0 Å². The molecule has 166 valence electrons. The average Bonchev–Trinajstić information content (AvgIpc) is 3.13. The number of aryl methyl sites for hydroxylation is 3. The Kier molecular flexibility index (Phi) is 8.95. The van der Waals surface area contributed by atoms with Gasteiger partial charge in [-0.15, -0.1) is 0 Å². The number of amides is 1. The van der Waals surface area contributed by atoms with Crippen molar-refractivity contribution in [2.24, 2.45) is 0 Å². The summed E-state index contributed by atoms with van der Waals surface area (Å²) in [5, 5.41) is 2.95. The van der Waals surface area contributed by atoms with E-state index in [2.05, 4.69) is 53.2 Å². The van der Waals surface area contributed by atoms with Crippen molar-refractivity contribution in [3.8, 4) is 5.75 Å². The minimum Gasteiger partial charge on any atom is -0.494 e. The summed E-state index contributed by atoms with van der Waals surface area (Å²) in [6, 6.07) is 16.6. The Bertz CT molecular complexity index is 964. The van der Waals surface area contributed by atoms with Gasteiger partial charge >= 0.3 is 0 Å². The standard InChI is InChI=1S/C26H35N3O2/c1-3-26(30)27-17-8-4-5-16-25-28-23-14-6-7-15-24(23)29(25)18-9-10-19-31-22-13-11-12-21(2)20-22/h6-7,11-15,20H,3-5,8-10,16-19H2,1-2H3,(H,27,30). The SMILES string of the molecule is CCC(=O)NCCCCCc1nc2ccccc2n1CCCCOc1cccc(C)c1. The number of para-hydroxylation sites is 2. The minimum absolute atomic E-state index is 0.133. The number of fused-ring (bicyclic) bond motifs is 1. The Morgan fingerprint density at radius 2 is 1.90 bits per heavy atom. The highest BCUT2D eigenvalue weighted by molar-refractivity contribution is 5.76. The van der Waals surface area contributed by atoms with Gasteiger partial charge in [0.1, 0.15) is 11.6 Å². The molecule has 31 heavy (non-hydrogen) atoms. The summed E-state index contributed by atoms with van der Waals surface area (Å²) < 4.78 is 8.27. The van der Waals surface area contributed by atoms with E-state index in [4.69, 9.17) is 9.72 Å². The second-order valence-electron chi connectivity index (χ2n) is 8.05. The molecule has 0 aliphatic carbocycles. The van der Waals surface area contributed by atoms with Crippen LogP contribution >= 0.6 is 0 Å². The molecular weight excluding hydrogens is 386 g/mol. The van der Waals surface area contributed by atoms with Crippen LogP contribution in [-0.2, 0) is 17.8 Å². The van der Waals surface area contributed by atoms with Crippen molar-refractivity contribution in [1.82, 2.24) is 14.9 Å². The van der Waals surface area contributed by atoms with Gasteiger partial charge in [0.05, 0.1) is 17.6 Å². The second-order valence-corrected chi connectivity index (χ2v) is 8.05. The van der Waals surface area contributed by atoms with E-state index in [0.717, 1.165) is 69.5 Å². The van der Waals surface area contributed by atoms with E-state index in [-0.39, 0.29) is 5.91 Å². The number of benzene rings is 2. The topological polar surface area (TPSA) is 56.2 Å². The van der Waals surface area contributed by atoms with Crippen molar-refractivity contribution in [3.05, 3.63) is 59.9 Å². The Balaban J connectivity index is 1.47. The predicted molar refractivity (Wildman–Crippen MR) is 126 cm³/mol. The number of nitrogens with one attached hydrogen (secondary N) is 1. The van der Waals surface area contributed by atoms with Crippen LogP contribution in [0.5, 0.6) is 5.75 Å². The summed E-state index contributed by atoms with van der Waals surface area (Å²) >= 11 is 0. The van der Waals surface area contributed by atoms with Crippen LogP contribution in [0.15, 0.2) is 48.5 Å². The molecule has 0 bridgehead atoms. The molecule has 5 heteroatoms. The molecule has 0 saturated heterocycles. The maximum atomic E-state index is 11.3. The lowest BCUT2D eigenvalue weighted by molar-refractivity contribution is -0.120. The van der Waals surface area contributed by atoms with Crippen LogP contribution in [0.1, 0.15) is 56.8 Å². The molecule has 0 radical (unpaired) electrons. The van der Waals surface area contributed by atoms with Crippen molar-refractivity contribution in [2.45, 2.75) is 65.3 Å². The number of carbonyl (C=O) groups excluding carboxylic acids is 1. The zero-order chi connectivity index (χ0) is 21.9. The maximum absolute atomic E-state index is 11.3. The predicted octanol–water partition coefficient (Wildman–Crippen LogP) is 5.44. The van der Waals surface area contributed by atoms with Crippen LogP contribution in [0, 0.1) is 6.92 Å². The third kappa shape index (κ3) is 7.12. The summed E-state index contributed by atoms with van der Waals surface area (Å²) in [6.07, 6.45) is 6.79. The van der Waals surface area contributed by atoms with Gasteiger partial charge in [-0.05, 0) is 62.4 Å². The number of hydrogen-bond donors (Lipinski definition) is 1. The molecular formula is C26H35N3O2. The Hall–Kier alpha value is -2.82. The summed E-state index contributed by atoms with van der Waals surface area (Å²) in [7, 11) is 0. The molecule has 0 saturated carbocycles. The van der Waals surface area contributed by atoms with E-state index in [1.54, 1.807) is 0 Å². The molecule has 0 unspecified atom stereocenters. The highest BCUT2D eigenvalue weighted by Crippen LogP contribution is 2.19. The van der Waals surface area contributed by atoms with Crippen LogP contribution in [0.3, 0.4) is 0 Å². The number of hydrogen-bond acceptors (Lipinski definition) is 3. The van der Waals surface area contributed by atoms with Crippen LogP contribution in [-0.4, -0.2) is 28.6 Å². The zero-order valence-corrected chi connectivity index (χ0v) is 18.9. The first-order valence-electron chi connectivity index (χ1n) is 11.6. The van der Waals surface area contributed by atoms with E-state index < -0.39 is 0 Å². The Labute approximate surface area is 185 Å². The van der Waals surface area contributed by atoms with Crippen molar-refractivity contribution in [1.29, 1.82) is 0 Å². The van der Waals surface area contributed by atoms with Crippen molar-refractivity contribution < 1.29 is 9.53 Å². The molecule has 0 spiro atoms. The van der Waals surface area contributed by atoms with Crippen LogP contribution in [0.25, 0.3) is 11.0 Å². The monoisotopic (exact) mass is 421 g/mol. The molecule has 3 aromatic rings. The van der Waals surface area contributed by atoms with E-state index in [1.807, 2.05) is 19.1 Å². The molecule has 0 aliphatic heterocycles. The zero-order valence-electron chi connectivity index (χ0n) is 18.9. The maximum Gasteiger partial charge on any atom is 0.219 e. The van der Waals surface area contributed by atoms with Gasteiger partial charge in [0.15, 0.2) is 0 Å². The van der Waals surface area contributed by atoms with E-state index in [1.165, 1.54) is 16.9 Å². The van der Waals surface area contributed by atoms with Gasteiger partial charge in [-0.3, -0.25) is 4.79 Å². The highest BCUT2D eigenvalue weighted by atomic mass is 16.5. The molecule has 0 aliphatic rings. The van der Waals surface area contributed by atoms with Crippen molar-refractivity contribution in [3.63, 3.8) is 0 Å². The molecule has 1 N–H and O–H groups in total.